The zero-order chi connectivity index (χ0) is 12.6. The molecule has 1 fully saturated rings. The second kappa shape index (κ2) is 4.24. The van der Waals surface area contributed by atoms with E-state index in [4.69, 9.17) is 4.74 Å². The number of rotatable bonds is 2. The molecule has 0 aromatic rings. The maximum absolute atomic E-state index is 11.4. The number of hydrogen-bond donors (Lipinski definition) is 2. The summed E-state index contributed by atoms with van der Waals surface area (Å²) in [5.41, 5.74) is -1.10. The van der Waals surface area contributed by atoms with Crippen molar-refractivity contribution in [3.63, 3.8) is 0 Å². The van der Waals surface area contributed by atoms with Gasteiger partial charge in [-0.2, -0.15) is 0 Å². The van der Waals surface area contributed by atoms with Crippen molar-refractivity contribution in [3.8, 4) is 0 Å². The molecule has 0 spiro atoms. The molecule has 0 radical (unpaired) electrons. The van der Waals surface area contributed by atoms with Crippen LogP contribution in [0.1, 0.15) is 47.5 Å². The molecule has 0 atom stereocenters. The van der Waals surface area contributed by atoms with Crippen molar-refractivity contribution < 1.29 is 14.6 Å². The lowest BCUT2D eigenvalue weighted by Crippen LogP contribution is -2.51. The molecule has 1 rings (SSSR count). The summed E-state index contributed by atoms with van der Waals surface area (Å²) in [7, 11) is 0. The van der Waals surface area contributed by atoms with Gasteiger partial charge in [0.05, 0.1) is 5.60 Å². The van der Waals surface area contributed by atoms with Crippen LogP contribution in [0.4, 0.5) is 4.79 Å². The van der Waals surface area contributed by atoms with Crippen LogP contribution in [0.3, 0.4) is 0 Å². The highest BCUT2D eigenvalue weighted by molar-refractivity contribution is 5.68. The number of aliphatic hydroxyl groups is 1. The van der Waals surface area contributed by atoms with Crippen LogP contribution >= 0.6 is 0 Å². The van der Waals surface area contributed by atoms with E-state index < -0.39 is 11.2 Å². The van der Waals surface area contributed by atoms with Crippen LogP contribution in [-0.4, -0.2) is 28.4 Å². The van der Waals surface area contributed by atoms with Gasteiger partial charge in [-0.3, -0.25) is 0 Å². The molecule has 0 aromatic heterocycles. The number of hydrogen-bond acceptors (Lipinski definition) is 3. The Hall–Kier alpha value is -0.770. The van der Waals surface area contributed by atoms with Crippen LogP contribution in [0.15, 0.2) is 0 Å². The van der Waals surface area contributed by atoms with Crippen LogP contribution in [0.5, 0.6) is 0 Å². The van der Waals surface area contributed by atoms with Gasteiger partial charge in [0.25, 0.3) is 0 Å². The van der Waals surface area contributed by atoms with E-state index in [1.54, 1.807) is 13.8 Å². The molecular formula is C12H23NO3. The summed E-state index contributed by atoms with van der Waals surface area (Å²) in [6.07, 6.45) is 1.28. The normalized spacial score (nSPS) is 25.9. The number of ether oxygens (including phenoxy) is 1. The van der Waals surface area contributed by atoms with Crippen molar-refractivity contribution in [2.75, 3.05) is 0 Å². The molecule has 0 bridgehead atoms. The first kappa shape index (κ1) is 13.3. The molecule has 1 saturated carbocycles. The Morgan fingerprint density at radius 2 is 1.75 bits per heavy atom. The molecule has 0 unspecified atom stereocenters. The number of nitrogens with one attached hydrogen (secondary N) is 1. The van der Waals surface area contributed by atoms with Crippen LogP contribution in [0.25, 0.3) is 0 Å². The number of amides is 1. The summed E-state index contributed by atoms with van der Waals surface area (Å²) < 4.78 is 5.15. The third kappa shape index (κ3) is 4.00. The summed E-state index contributed by atoms with van der Waals surface area (Å²) in [6, 6.07) is 0.145. The standard InChI is InChI=1S/C12H23NO3/c1-11(2,3)16-10(14)13-9-6-8(7-9)12(4,5)15/h8-9,15H,6-7H2,1-5H3,(H,13,14). The molecule has 16 heavy (non-hydrogen) atoms. The van der Waals surface area contributed by atoms with Gasteiger partial charge in [0.15, 0.2) is 0 Å². The van der Waals surface area contributed by atoms with Crippen molar-refractivity contribution in [1.29, 1.82) is 0 Å². The first-order valence-electron chi connectivity index (χ1n) is 5.80. The lowest BCUT2D eigenvalue weighted by molar-refractivity contribution is -0.0341. The fraction of sp³-hybridized carbons (Fsp3) is 0.917. The van der Waals surface area contributed by atoms with Gasteiger partial charge in [-0.25, -0.2) is 4.79 Å². The molecular weight excluding hydrogens is 206 g/mol. The Morgan fingerprint density at radius 1 is 1.25 bits per heavy atom. The smallest absolute Gasteiger partial charge is 0.407 e. The van der Waals surface area contributed by atoms with Crippen molar-refractivity contribution in [2.45, 2.75) is 64.7 Å². The number of alkyl carbamates (subject to hydrolysis) is 1. The van der Waals surface area contributed by atoms with Gasteiger partial charge >= 0.3 is 6.09 Å². The van der Waals surface area contributed by atoms with E-state index in [1.165, 1.54) is 0 Å². The lowest BCUT2D eigenvalue weighted by atomic mass is 9.71. The fourth-order valence-electron chi connectivity index (χ4n) is 1.79. The molecule has 1 aliphatic carbocycles. The predicted molar refractivity (Wildman–Crippen MR) is 62.2 cm³/mol. The third-order valence-corrected chi connectivity index (χ3v) is 2.86. The Labute approximate surface area is 97.4 Å². The average molecular weight is 229 g/mol. The maximum atomic E-state index is 11.4. The molecule has 0 heterocycles. The van der Waals surface area contributed by atoms with E-state index >= 15 is 0 Å². The minimum atomic E-state index is -0.647. The predicted octanol–water partition coefficient (Wildman–Crippen LogP) is 2.06. The Morgan fingerprint density at radius 3 is 2.12 bits per heavy atom. The quantitative estimate of drug-likeness (QED) is 0.762. The van der Waals surface area contributed by atoms with Gasteiger partial charge in [0.2, 0.25) is 0 Å². The molecule has 1 amide bonds. The molecule has 94 valence electrons. The van der Waals surface area contributed by atoms with Crippen LogP contribution in [0, 0.1) is 5.92 Å². The highest BCUT2D eigenvalue weighted by Gasteiger charge is 2.39. The monoisotopic (exact) mass is 229 g/mol. The fourth-order valence-corrected chi connectivity index (χ4v) is 1.79. The molecule has 1 aliphatic rings. The lowest BCUT2D eigenvalue weighted by Gasteiger charge is -2.42. The van der Waals surface area contributed by atoms with E-state index in [1.807, 2.05) is 20.8 Å². The zero-order valence-corrected chi connectivity index (χ0v) is 10.8. The van der Waals surface area contributed by atoms with Gasteiger partial charge in [-0.1, -0.05) is 0 Å². The Balaban J connectivity index is 2.25. The Kier molecular flexibility index (Phi) is 3.53. The second-order valence-corrected chi connectivity index (χ2v) is 6.17. The zero-order valence-electron chi connectivity index (χ0n) is 10.8. The first-order chi connectivity index (χ1) is 7.08. The van der Waals surface area contributed by atoms with E-state index in [9.17, 15) is 9.90 Å². The second-order valence-electron chi connectivity index (χ2n) is 6.17. The largest absolute Gasteiger partial charge is 0.444 e. The average Bonchev–Trinajstić information content (AvgIpc) is 1.89. The number of carbonyl (C=O) groups excluding carboxylic acids is 1. The molecule has 4 nitrogen and oxygen atoms in total. The van der Waals surface area contributed by atoms with Crippen LogP contribution in [-0.2, 0) is 4.74 Å². The van der Waals surface area contributed by atoms with Crippen molar-refractivity contribution >= 4 is 6.09 Å². The van der Waals surface area contributed by atoms with Gasteiger partial charge in [-0.15, -0.1) is 0 Å². The van der Waals surface area contributed by atoms with Gasteiger partial charge in [-0.05, 0) is 53.4 Å². The van der Waals surface area contributed by atoms with Crippen molar-refractivity contribution in [2.24, 2.45) is 5.92 Å². The molecule has 4 heteroatoms. The van der Waals surface area contributed by atoms with Gasteiger partial charge in [0.1, 0.15) is 5.60 Å². The summed E-state index contributed by atoms with van der Waals surface area (Å²) in [5, 5.41) is 12.5. The highest BCUT2D eigenvalue weighted by atomic mass is 16.6. The van der Waals surface area contributed by atoms with Crippen molar-refractivity contribution in [1.82, 2.24) is 5.32 Å². The van der Waals surface area contributed by atoms with E-state index in [-0.39, 0.29) is 18.1 Å². The van der Waals surface area contributed by atoms with Crippen molar-refractivity contribution in [3.05, 3.63) is 0 Å². The summed E-state index contributed by atoms with van der Waals surface area (Å²) in [6.45, 7) is 9.13. The first-order valence-corrected chi connectivity index (χ1v) is 5.80. The minimum Gasteiger partial charge on any atom is -0.444 e. The maximum Gasteiger partial charge on any atom is 0.407 e. The van der Waals surface area contributed by atoms with Crippen LogP contribution < -0.4 is 5.32 Å². The summed E-state index contributed by atoms with van der Waals surface area (Å²) in [5.74, 6) is 0.271. The summed E-state index contributed by atoms with van der Waals surface area (Å²) >= 11 is 0. The van der Waals surface area contributed by atoms with E-state index in [0.29, 0.717) is 0 Å². The van der Waals surface area contributed by atoms with E-state index in [2.05, 4.69) is 5.32 Å². The van der Waals surface area contributed by atoms with Crippen LogP contribution in [0.2, 0.25) is 0 Å². The molecule has 0 saturated heterocycles. The highest BCUT2D eigenvalue weighted by Crippen LogP contribution is 2.36. The van der Waals surface area contributed by atoms with Gasteiger partial charge < -0.3 is 15.2 Å². The SMILES string of the molecule is CC(C)(C)OC(=O)NC1CC(C(C)(C)O)C1. The minimum absolute atomic E-state index is 0.145. The molecule has 0 aromatic carbocycles. The topological polar surface area (TPSA) is 58.6 Å². The van der Waals surface area contributed by atoms with Gasteiger partial charge in [0, 0.05) is 6.04 Å². The Bertz CT molecular complexity index is 256. The summed E-state index contributed by atoms with van der Waals surface area (Å²) in [4.78, 5) is 11.4. The molecule has 0 aliphatic heterocycles. The number of carbonyl (C=O) groups is 1. The molecule has 2 N–H and O–H groups in total. The van der Waals surface area contributed by atoms with E-state index in [0.717, 1.165) is 12.8 Å². The third-order valence-electron chi connectivity index (χ3n) is 2.86.